The first-order chi connectivity index (χ1) is 19.7. The maximum Gasteiger partial charge on any atom is 0.326 e. The van der Waals surface area contributed by atoms with Crippen LogP contribution >= 0.6 is 25.3 Å². The molecule has 216 valence electrons. The molecule has 2 aromatic carbocycles. The average molecular weight is 597 g/mol. The number of benzene rings is 2. The molecule has 0 aliphatic rings. The van der Waals surface area contributed by atoms with Gasteiger partial charge in [0.2, 0.25) is 17.7 Å². The Morgan fingerprint density at radius 2 is 1.15 bits per heavy atom. The van der Waals surface area contributed by atoms with Crippen molar-refractivity contribution in [1.82, 2.24) is 25.9 Å². The van der Waals surface area contributed by atoms with Crippen molar-refractivity contribution in [1.29, 1.82) is 0 Å². The predicted molar refractivity (Wildman–Crippen MR) is 163 cm³/mol. The number of hydrogen-bond acceptors (Lipinski definition) is 7. The van der Waals surface area contributed by atoms with Gasteiger partial charge in [0, 0.05) is 52.1 Å². The van der Waals surface area contributed by atoms with Crippen LogP contribution in [0.3, 0.4) is 0 Å². The quantitative estimate of drug-likeness (QED) is 0.104. The second-order valence-electron chi connectivity index (χ2n) is 9.62. The summed E-state index contributed by atoms with van der Waals surface area (Å²) in [5.41, 5.74) is 9.49. The van der Waals surface area contributed by atoms with E-state index in [1.165, 1.54) is 0 Å². The molecule has 0 aliphatic carbocycles. The molecular weight excluding hydrogens is 564 g/mol. The van der Waals surface area contributed by atoms with Gasteiger partial charge in [0.1, 0.15) is 18.1 Å². The molecule has 41 heavy (non-hydrogen) atoms. The number of aromatic amines is 2. The smallest absolute Gasteiger partial charge is 0.326 e. The Labute approximate surface area is 246 Å². The van der Waals surface area contributed by atoms with E-state index in [4.69, 9.17) is 5.73 Å². The van der Waals surface area contributed by atoms with Crippen molar-refractivity contribution in [2.24, 2.45) is 5.73 Å². The van der Waals surface area contributed by atoms with Gasteiger partial charge in [0.25, 0.3) is 0 Å². The number of para-hydroxylation sites is 2. The number of thiol groups is 2. The maximum atomic E-state index is 13.0. The number of carbonyl (C=O) groups excluding carboxylic acids is 3. The third-order valence-electron chi connectivity index (χ3n) is 6.80. The van der Waals surface area contributed by atoms with E-state index in [0.29, 0.717) is 0 Å². The van der Waals surface area contributed by atoms with Crippen molar-refractivity contribution in [3.63, 3.8) is 0 Å². The van der Waals surface area contributed by atoms with Crippen molar-refractivity contribution in [2.75, 3.05) is 11.5 Å². The van der Waals surface area contributed by atoms with Gasteiger partial charge >= 0.3 is 5.97 Å². The van der Waals surface area contributed by atoms with Gasteiger partial charge in [-0.1, -0.05) is 36.4 Å². The summed E-state index contributed by atoms with van der Waals surface area (Å²) >= 11 is 8.34. The highest BCUT2D eigenvalue weighted by Gasteiger charge is 2.30. The monoisotopic (exact) mass is 596 g/mol. The first kappa shape index (κ1) is 30.0. The third-order valence-corrected chi connectivity index (χ3v) is 7.53. The molecule has 8 N–H and O–H groups in total. The molecule has 0 saturated carbocycles. The highest BCUT2D eigenvalue weighted by atomic mass is 32.1. The van der Waals surface area contributed by atoms with Crippen LogP contribution in [-0.2, 0) is 32.0 Å². The first-order valence-electron chi connectivity index (χ1n) is 12.9. The Kier molecular flexibility index (Phi) is 9.97. The molecule has 2 aromatic heterocycles. The summed E-state index contributed by atoms with van der Waals surface area (Å²) in [5, 5.41) is 19.2. The van der Waals surface area contributed by atoms with Gasteiger partial charge in [-0.25, -0.2) is 4.79 Å². The minimum atomic E-state index is -1.25. The van der Waals surface area contributed by atoms with E-state index in [1.807, 2.05) is 48.5 Å². The van der Waals surface area contributed by atoms with Crippen LogP contribution in [0.5, 0.6) is 0 Å². The number of aromatic nitrogens is 2. The van der Waals surface area contributed by atoms with Crippen molar-refractivity contribution >= 4 is 70.8 Å². The lowest BCUT2D eigenvalue weighted by Gasteiger charge is -2.23. The van der Waals surface area contributed by atoms with Crippen LogP contribution in [0.4, 0.5) is 0 Å². The number of nitrogens with two attached hydrogens (primary N) is 1. The normalized spacial score (nSPS) is 14.2. The number of rotatable bonds is 13. The Bertz CT molecular complexity index is 1550. The molecule has 0 radical (unpaired) electrons. The molecular formula is C28H32N6O5S2. The number of carboxylic acids is 1. The second-order valence-corrected chi connectivity index (χ2v) is 10.4. The largest absolute Gasteiger partial charge is 0.480 e. The summed E-state index contributed by atoms with van der Waals surface area (Å²) in [5.74, 6) is -3.34. The summed E-state index contributed by atoms with van der Waals surface area (Å²) in [4.78, 5) is 56.9. The number of hydrogen-bond donors (Lipinski definition) is 9. The number of carbonyl (C=O) groups is 4. The molecule has 4 unspecified atom stereocenters. The molecule has 11 nitrogen and oxygen atoms in total. The molecule has 3 amide bonds. The van der Waals surface area contributed by atoms with Gasteiger partial charge in [-0.05, 0) is 29.7 Å². The molecule has 0 spiro atoms. The predicted octanol–water partition coefficient (Wildman–Crippen LogP) is 1.16. The molecule has 4 atom stereocenters. The lowest BCUT2D eigenvalue weighted by Crippen LogP contribution is -2.58. The molecule has 0 fully saturated rings. The molecule has 4 aromatic rings. The van der Waals surface area contributed by atoms with Gasteiger partial charge in [-0.15, -0.1) is 0 Å². The van der Waals surface area contributed by atoms with Crippen LogP contribution < -0.4 is 21.7 Å². The van der Waals surface area contributed by atoms with Crippen LogP contribution in [-0.4, -0.2) is 74.4 Å². The fourth-order valence-electron chi connectivity index (χ4n) is 4.56. The lowest BCUT2D eigenvalue weighted by atomic mass is 10.0. The number of fused-ring (bicyclic) bond motifs is 2. The van der Waals surface area contributed by atoms with Crippen molar-refractivity contribution in [3.05, 3.63) is 72.1 Å². The van der Waals surface area contributed by atoms with E-state index in [9.17, 15) is 24.3 Å². The van der Waals surface area contributed by atoms with Gasteiger partial charge in [0.05, 0.1) is 6.04 Å². The highest BCUT2D eigenvalue weighted by molar-refractivity contribution is 7.80. The van der Waals surface area contributed by atoms with E-state index in [1.54, 1.807) is 12.4 Å². The summed E-state index contributed by atoms with van der Waals surface area (Å²) < 4.78 is 0. The fourth-order valence-corrected chi connectivity index (χ4v) is 5.08. The summed E-state index contributed by atoms with van der Waals surface area (Å²) in [6.07, 6.45) is 3.76. The second kappa shape index (κ2) is 13.6. The van der Waals surface area contributed by atoms with Crippen molar-refractivity contribution < 1.29 is 24.3 Å². The van der Waals surface area contributed by atoms with Crippen LogP contribution in [0, 0.1) is 0 Å². The molecule has 0 bridgehead atoms. The zero-order valence-electron chi connectivity index (χ0n) is 22.0. The van der Waals surface area contributed by atoms with E-state index in [0.717, 1.165) is 32.9 Å². The molecule has 2 heterocycles. The van der Waals surface area contributed by atoms with E-state index in [2.05, 4.69) is 51.2 Å². The number of amides is 3. The minimum Gasteiger partial charge on any atom is -0.480 e. The van der Waals surface area contributed by atoms with E-state index >= 15 is 0 Å². The zero-order valence-corrected chi connectivity index (χ0v) is 23.8. The molecule has 4 rings (SSSR count). The third kappa shape index (κ3) is 7.23. The van der Waals surface area contributed by atoms with Gasteiger partial charge in [-0.3, -0.25) is 14.4 Å². The van der Waals surface area contributed by atoms with Gasteiger partial charge < -0.3 is 36.8 Å². The van der Waals surface area contributed by atoms with Crippen molar-refractivity contribution in [2.45, 2.75) is 37.0 Å². The highest BCUT2D eigenvalue weighted by Crippen LogP contribution is 2.20. The Morgan fingerprint density at radius 3 is 1.63 bits per heavy atom. The minimum absolute atomic E-state index is 0.0297. The van der Waals surface area contributed by atoms with Gasteiger partial charge in [0.15, 0.2) is 0 Å². The summed E-state index contributed by atoms with van der Waals surface area (Å²) in [6, 6.07) is 10.6. The van der Waals surface area contributed by atoms with Crippen LogP contribution in [0.25, 0.3) is 21.8 Å². The zero-order chi connectivity index (χ0) is 29.5. The first-order valence-corrected chi connectivity index (χ1v) is 14.2. The van der Waals surface area contributed by atoms with Crippen LogP contribution in [0.1, 0.15) is 11.1 Å². The molecule has 13 heteroatoms. The standard InChI is InChI=1S/C28H32N6O5S2/c29-19(9-15-11-30-20-7-3-1-5-17(15)20)25(35)33-23(13-40)27(37)34-24(14-41)26(36)32-22(28(38)39)10-16-12-31-21-8-4-2-6-18(16)21/h1-8,11-12,19,22-24,30-31,40-41H,9-10,13-14,29H2,(H,32,36)(H,33,35)(H,34,37)(H,38,39). The Morgan fingerprint density at radius 1 is 0.707 bits per heavy atom. The SMILES string of the molecule is NC(Cc1c[nH]c2ccccc12)C(=O)NC(CS)C(=O)NC(CS)C(=O)NC(Cc1c[nH]c2ccccc12)C(=O)O. The van der Waals surface area contributed by atoms with Gasteiger partial charge in [-0.2, -0.15) is 25.3 Å². The maximum absolute atomic E-state index is 13.0. The summed E-state index contributed by atoms with van der Waals surface area (Å²) in [7, 11) is 0. The molecule has 0 saturated heterocycles. The summed E-state index contributed by atoms with van der Waals surface area (Å²) in [6.45, 7) is 0. The Balaban J connectivity index is 1.35. The lowest BCUT2D eigenvalue weighted by molar-refractivity contribution is -0.142. The number of carboxylic acid groups (broad SMARTS) is 1. The fraction of sp³-hybridized carbons (Fsp3) is 0.286. The number of H-pyrrole nitrogens is 2. The van der Waals surface area contributed by atoms with E-state index < -0.39 is 47.9 Å². The van der Waals surface area contributed by atoms with Crippen LogP contribution in [0.2, 0.25) is 0 Å². The van der Waals surface area contributed by atoms with Crippen molar-refractivity contribution in [3.8, 4) is 0 Å². The number of nitrogens with one attached hydrogen (secondary N) is 5. The Hall–Kier alpha value is -3.94. The van der Waals surface area contributed by atoms with E-state index in [-0.39, 0.29) is 24.3 Å². The van der Waals surface area contributed by atoms with Crippen LogP contribution in [0.15, 0.2) is 60.9 Å². The molecule has 0 aliphatic heterocycles. The topological polar surface area (TPSA) is 182 Å². The average Bonchev–Trinajstić information content (AvgIpc) is 3.57. The number of aliphatic carboxylic acids is 1.